The van der Waals surface area contributed by atoms with Crippen molar-refractivity contribution in [1.29, 1.82) is 0 Å². The molecule has 0 aliphatic heterocycles. The maximum Gasteiger partial charge on any atom is 0.408 e. The molecule has 208 valence electrons. The number of carbonyl (C=O) groups is 1. The van der Waals surface area contributed by atoms with Crippen molar-refractivity contribution < 1.29 is 24.5 Å². The molecule has 1 aromatic carbocycles. The summed E-state index contributed by atoms with van der Waals surface area (Å²) in [5.74, 6) is 0. The zero-order chi connectivity index (χ0) is 26.7. The first-order valence-electron chi connectivity index (χ1n) is 14.2. The van der Waals surface area contributed by atoms with Gasteiger partial charge in [-0.15, -0.1) is 0 Å². The summed E-state index contributed by atoms with van der Waals surface area (Å²) in [5.41, 5.74) is 0.312. The fraction of sp³-hybridized carbons (Fsp3) is 0.767. The number of ether oxygens (including phenoxy) is 2. The summed E-state index contributed by atoms with van der Waals surface area (Å²) in [6.07, 6.45) is 13.4. The zero-order valence-corrected chi connectivity index (χ0v) is 23.3. The Hall–Kier alpha value is -1.63. The normalized spacial score (nSPS) is 14.3. The van der Waals surface area contributed by atoms with Crippen LogP contribution in [0.1, 0.15) is 117 Å². The van der Waals surface area contributed by atoms with Crippen LogP contribution < -0.4 is 5.32 Å². The third kappa shape index (κ3) is 16.2. The molecule has 0 spiro atoms. The summed E-state index contributed by atoms with van der Waals surface area (Å²) in [6.45, 7) is 7.54. The molecular formula is C30H53NO5. The Morgan fingerprint density at radius 3 is 1.92 bits per heavy atom. The summed E-state index contributed by atoms with van der Waals surface area (Å²) in [7, 11) is 0. The van der Waals surface area contributed by atoms with E-state index in [1.807, 2.05) is 30.3 Å². The van der Waals surface area contributed by atoms with Crippen molar-refractivity contribution in [2.75, 3.05) is 6.61 Å². The van der Waals surface area contributed by atoms with Crippen LogP contribution in [-0.4, -0.2) is 46.8 Å². The highest BCUT2D eigenvalue weighted by Gasteiger charge is 2.31. The molecule has 1 aromatic rings. The van der Waals surface area contributed by atoms with Gasteiger partial charge >= 0.3 is 6.09 Å². The van der Waals surface area contributed by atoms with Crippen LogP contribution in [-0.2, 0) is 16.1 Å². The molecule has 0 saturated heterocycles. The van der Waals surface area contributed by atoms with Crippen molar-refractivity contribution in [3.8, 4) is 0 Å². The van der Waals surface area contributed by atoms with Crippen molar-refractivity contribution in [2.45, 2.75) is 142 Å². The van der Waals surface area contributed by atoms with Crippen molar-refractivity contribution >= 4 is 6.09 Å². The molecule has 0 unspecified atom stereocenters. The first kappa shape index (κ1) is 32.4. The van der Waals surface area contributed by atoms with Gasteiger partial charge < -0.3 is 25.0 Å². The van der Waals surface area contributed by atoms with Crippen LogP contribution in [0, 0.1) is 0 Å². The van der Waals surface area contributed by atoms with Crippen LogP contribution in [0.25, 0.3) is 0 Å². The van der Waals surface area contributed by atoms with Gasteiger partial charge in [-0.05, 0) is 32.8 Å². The van der Waals surface area contributed by atoms with E-state index in [2.05, 4.69) is 12.2 Å². The molecule has 0 fully saturated rings. The van der Waals surface area contributed by atoms with Crippen LogP contribution in [0.15, 0.2) is 30.3 Å². The van der Waals surface area contributed by atoms with Gasteiger partial charge in [0.25, 0.3) is 0 Å². The number of rotatable bonds is 20. The van der Waals surface area contributed by atoms with Crippen LogP contribution in [0.3, 0.4) is 0 Å². The Morgan fingerprint density at radius 1 is 0.889 bits per heavy atom. The molecule has 36 heavy (non-hydrogen) atoms. The molecule has 0 bridgehead atoms. The minimum absolute atomic E-state index is 0.285. The number of aliphatic hydroxyl groups is 2. The Morgan fingerprint density at radius 2 is 1.42 bits per heavy atom. The molecule has 1 rings (SSSR count). The maximum absolute atomic E-state index is 12.3. The second kappa shape index (κ2) is 19.5. The van der Waals surface area contributed by atoms with Crippen LogP contribution in [0.2, 0.25) is 0 Å². The number of carbonyl (C=O) groups excluding carboxylic acids is 1. The van der Waals surface area contributed by atoms with E-state index in [0.717, 1.165) is 24.8 Å². The largest absolute Gasteiger partial charge is 0.444 e. The van der Waals surface area contributed by atoms with Crippen molar-refractivity contribution in [3.63, 3.8) is 0 Å². The molecule has 1 amide bonds. The number of hydrogen-bond acceptors (Lipinski definition) is 5. The second-order valence-corrected chi connectivity index (χ2v) is 10.9. The first-order valence-corrected chi connectivity index (χ1v) is 14.2. The fourth-order valence-corrected chi connectivity index (χ4v) is 4.31. The van der Waals surface area contributed by atoms with E-state index in [-0.39, 0.29) is 13.2 Å². The minimum atomic E-state index is -0.802. The third-order valence-corrected chi connectivity index (χ3v) is 6.31. The summed E-state index contributed by atoms with van der Waals surface area (Å²) in [4.78, 5) is 12.3. The van der Waals surface area contributed by atoms with Crippen molar-refractivity contribution in [3.05, 3.63) is 35.9 Å². The lowest BCUT2D eigenvalue weighted by molar-refractivity contribution is -0.0764. The summed E-state index contributed by atoms with van der Waals surface area (Å²) in [6, 6.07) is 8.92. The van der Waals surface area contributed by atoms with Gasteiger partial charge in [-0.25, -0.2) is 4.79 Å². The number of unbranched alkanes of at least 4 members (excludes halogenated alkanes) is 11. The smallest absolute Gasteiger partial charge is 0.408 e. The van der Waals surface area contributed by atoms with E-state index >= 15 is 0 Å². The van der Waals surface area contributed by atoms with Gasteiger partial charge in [0.2, 0.25) is 0 Å². The molecule has 6 nitrogen and oxygen atoms in total. The zero-order valence-electron chi connectivity index (χ0n) is 23.3. The summed E-state index contributed by atoms with van der Waals surface area (Å²) in [5, 5.41) is 23.7. The molecule has 3 atom stereocenters. The number of alkyl carbamates (subject to hydrolysis) is 1. The van der Waals surface area contributed by atoms with Gasteiger partial charge in [-0.3, -0.25) is 0 Å². The lowest BCUT2D eigenvalue weighted by Crippen LogP contribution is -2.52. The van der Waals surface area contributed by atoms with Gasteiger partial charge in [-0.1, -0.05) is 114 Å². The van der Waals surface area contributed by atoms with Gasteiger partial charge in [0.1, 0.15) is 11.7 Å². The maximum atomic E-state index is 12.3. The number of amides is 1. The van der Waals surface area contributed by atoms with E-state index in [9.17, 15) is 15.0 Å². The molecule has 0 saturated carbocycles. The number of aliphatic hydroxyl groups excluding tert-OH is 2. The lowest BCUT2D eigenvalue weighted by atomic mass is 9.99. The van der Waals surface area contributed by atoms with Crippen LogP contribution >= 0.6 is 0 Å². The van der Waals surface area contributed by atoms with Gasteiger partial charge in [0.15, 0.2) is 0 Å². The SMILES string of the molecule is CCCCCCCCCCCCCC[C@@H](O)[C@@H](OCc1ccccc1)[C@H](CO)NC(=O)OC(C)(C)C. The molecule has 3 N–H and O–H groups in total. The first-order chi connectivity index (χ1) is 17.3. The van der Waals surface area contributed by atoms with E-state index in [1.165, 1.54) is 57.8 Å². The summed E-state index contributed by atoms with van der Waals surface area (Å²) >= 11 is 0. The third-order valence-electron chi connectivity index (χ3n) is 6.31. The van der Waals surface area contributed by atoms with E-state index in [0.29, 0.717) is 6.42 Å². The van der Waals surface area contributed by atoms with Crippen LogP contribution in [0.5, 0.6) is 0 Å². The van der Waals surface area contributed by atoms with Gasteiger partial charge in [0.05, 0.1) is 25.4 Å². The van der Waals surface area contributed by atoms with E-state index < -0.39 is 29.9 Å². The molecule has 0 aliphatic rings. The highest BCUT2D eigenvalue weighted by molar-refractivity contribution is 5.68. The minimum Gasteiger partial charge on any atom is -0.444 e. The Kier molecular flexibility index (Phi) is 17.5. The Labute approximate surface area is 220 Å². The predicted octanol–water partition coefficient (Wildman–Crippen LogP) is 6.91. The second-order valence-electron chi connectivity index (χ2n) is 10.9. The molecule has 6 heteroatoms. The molecular weight excluding hydrogens is 454 g/mol. The monoisotopic (exact) mass is 507 g/mol. The number of benzene rings is 1. The molecule has 0 aliphatic carbocycles. The Balaban J connectivity index is 2.46. The predicted molar refractivity (Wildman–Crippen MR) is 147 cm³/mol. The number of hydrogen-bond donors (Lipinski definition) is 3. The van der Waals surface area contributed by atoms with E-state index in [1.54, 1.807) is 20.8 Å². The average molecular weight is 508 g/mol. The molecule has 0 radical (unpaired) electrons. The van der Waals surface area contributed by atoms with Crippen molar-refractivity contribution in [1.82, 2.24) is 5.32 Å². The Bertz CT molecular complexity index is 661. The van der Waals surface area contributed by atoms with Gasteiger partial charge in [-0.2, -0.15) is 0 Å². The van der Waals surface area contributed by atoms with Crippen LogP contribution in [0.4, 0.5) is 4.79 Å². The summed E-state index contributed by atoms with van der Waals surface area (Å²) < 4.78 is 11.4. The topological polar surface area (TPSA) is 88.0 Å². The number of nitrogens with one attached hydrogen (secondary N) is 1. The average Bonchev–Trinajstić information content (AvgIpc) is 2.83. The molecule has 0 heterocycles. The quantitative estimate of drug-likeness (QED) is 0.167. The van der Waals surface area contributed by atoms with Gasteiger partial charge in [0, 0.05) is 0 Å². The van der Waals surface area contributed by atoms with E-state index in [4.69, 9.17) is 9.47 Å². The standard InChI is InChI=1S/C30H53NO5/c1-5-6-7-8-9-10-11-12-13-14-15-19-22-27(33)28(35-24-25-20-17-16-18-21-25)26(23-32)31-29(34)36-30(2,3)4/h16-18,20-21,26-28,32-33H,5-15,19,22-24H2,1-4H3,(H,31,34)/t26-,27+,28-/m0/s1. The fourth-order valence-electron chi connectivity index (χ4n) is 4.31. The highest BCUT2D eigenvalue weighted by atomic mass is 16.6. The van der Waals surface area contributed by atoms with Crippen molar-refractivity contribution in [2.24, 2.45) is 0 Å². The molecule has 0 aromatic heterocycles. The highest BCUT2D eigenvalue weighted by Crippen LogP contribution is 2.18. The lowest BCUT2D eigenvalue weighted by Gasteiger charge is -2.31.